The predicted octanol–water partition coefficient (Wildman–Crippen LogP) is 3.34. The van der Waals surface area contributed by atoms with E-state index >= 15 is 0 Å². The first-order chi connectivity index (χ1) is 12.9. The molecule has 0 aliphatic carbocycles. The van der Waals surface area contributed by atoms with E-state index in [9.17, 15) is 13.2 Å². The monoisotopic (exact) mass is 388 g/mol. The van der Waals surface area contributed by atoms with Gasteiger partial charge in [-0.1, -0.05) is 0 Å². The average Bonchev–Trinajstić information content (AvgIpc) is 2.68. The summed E-state index contributed by atoms with van der Waals surface area (Å²) < 4.78 is 28.9. The molecule has 27 heavy (non-hydrogen) atoms. The lowest BCUT2D eigenvalue weighted by Crippen LogP contribution is -2.29. The van der Waals surface area contributed by atoms with Gasteiger partial charge < -0.3 is 15.0 Å². The van der Waals surface area contributed by atoms with Crippen molar-refractivity contribution in [2.24, 2.45) is 0 Å². The molecular formula is C20H24N2O4S. The van der Waals surface area contributed by atoms with Gasteiger partial charge in [-0.2, -0.15) is 0 Å². The third kappa shape index (κ3) is 4.60. The van der Waals surface area contributed by atoms with E-state index in [2.05, 4.69) is 10.2 Å². The molecule has 1 N–H and O–H groups in total. The Bertz CT molecular complexity index is 917. The number of anilines is 2. The number of carbonyl (C=O) groups is 1. The van der Waals surface area contributed by atoms with Crippen LogP contribution in [0.3, 0.4) is 0 Å². The molecule has 0 bridgehead atoms. The van der Waals surface area contributed by atoms with Gasteiger partial charge in [0.05, 0.1) is 7.11 Å². The first-order valence-corrected chi connectivity index (χ1v) is 10.8. The van der Waals surface area contributed by atoms with Crippen molar-refractivity contribution in [3.63, 3.8) is 0 Å². The molecule has 1 aliphatic rings. The molecule has 1 aliphatic heterocycles. The van der Waals surface area contributed by atoms with E-state index in [0.29, 0.717) is 5.69 Å². The van der Waals surface area contributed by atoms with Gasteiger partial charge in [-0.3, -0.25) is 4.79 Å². The lowest BCUT2D eigenvalue weighted by Gasteiger charge is -2.28. The Kier molecular flexibility index (Phi) is 5.70. The van der Waals surface area contributed by atoms with Gasteiger partial charge in [0.2, 0.25) is 0 Å². The zero-order chi connectivity index (χ0) is 19.4. The van der Waals surface area contributed by atoms with Crippen LogP contribution in [0.1, 0.15) is 29.6 Å². The third-order valence-corrected chi connectivity index (χ3v) is 5.79. The second kappa shape index (κ2) is 8.00. The number of carbonyl (C=O) groups excluding carboxylic acids is 1. The summed E-state index contributed by atoms with van der Waals surface area (Å²) in [5.41, 5.74) is 2.07. The minimum atomic E-state index is -3.50. The highest BCUT2D eigenvalue weighted by Crippen LogP contribution is 2.26. The van der Waals surface area contributed by atoms with E-state index in [-0.39, 0.29) is 22.1 Å². The molecule has 1 heterocycles. The Hall–Kier alpha value is -2.54. The summed E-state index contributed by atoms with van der Waals surface area (Å²) in [6, 6.07) is 12.1. The number of sulfone groups is 1. The Labute approximate surface area is 160 Å². The number of hydrogen-bond acceptors (Lipinski definition) is 5. The minimum absolute atomic E-state index is 0.00176. The highest BCUT2D eigenvalue weighted by Gasteiger charge is 2.18. The smallest absolute Gasteiger partial charge is 0.255 e. The van der Waals surface area contributed by atoms with E-state index in [1.807, 2.05) is 24.3 Å². The fourth-order valence-corrected chi connectivity index (χ4v) is 4.08. The number of nitrogens with zero attached hydrogens (tertiary/aromatic N) is 1. The van der Waals surface area contributed by atoms with Crippen molar-refractivity contribution in [1.29, 1.82) is 0 Å². The summed E-state index contributed by atoms with van der Waals surface area (Å²) in [7, 11) is -2.11. The molecule has 1 amide bonds. The number of piperidine rings is 1. The van der Waals surface area contributed by atoms with Gasteiger partial charge >= 0.3 is 0 Å². The normalized spacial score (nSPS) is 14.7. The van der Waals surface area contributed by atoms with Gasteiger partial charge in [-0.15, -0.1) is 0 Å². The quantitative estimate of drug-likeness (QED) is 0.850. The number of amides is 1. The van der Waals surface area contributed by atoms with Crippen LogP contribution in [0, 0.1) is 0 Å². The van der Waals surface area contributed by atoms with Crippen LogP contribution in [0.5, 0.6) is 5.75 Å². The van der Waals surface area contributed by atoms with Crippen LogP contribution >= 0.6 is 0 Å². The molecule has 2 aromatic rings. The van der Waals surface area contributed by atoms with Crippen LogP contribution in [0.15, 0.2) is 47.4 Å². The minimum Gasteiger partial charge on any atom is -0.495 e. The summed E-state index contributed by atoms with van der Waals surface area (Å²) in [5.74, 6) is -0.145. The van der Waals surface area contributed by atoms with E-state index in [1.54, 1.807) is 6.07 Å². The molecule has 0 spiro atoms. The number of nitrogens with one attached hydrogen (secondary N) is 1. The zero-order valence-corrected chi connectivity index (χ0v) is 16.4. The van der Waals surface area contributed by atoms with Gasteiger partial charge in [0.15, 0.2) is 9.84 Å². The van der Waals surface area contributed by atoms with Crippen molar-refractivity contribution in [3.05, 3.63) is 48.0 Å². The van der Waals surface area contributed by atoms with Gasteiger partial charge in [-0.25, -0.2) is 8.42 Å². The first-order valence-electron chi connectivity index (χ1n) is 8.93. The van der Waals surface area contributed by atoms with Gasteiger partial charge in [0.1, 0.15) is 10.6 Å². The van der Waals surface area contributed by atoms with E-state index in [0.717, 1.165) is 25.0 Å². The van der Waals surface area contributed by atoms with Crippen LogP contribution in [-0.2, 0) is 9.84 Å². The van der Waals surface area contributed by atoms with Crippen LogP contribution in [0.2, 0.25) is 0 Å². The summed E-state index contributed by atoms with van der Waals surface area (Å²) in [5, 5.41) is 2.81. The molecule has 144 valence electrons. The lowest BCUT2D eigenvalue weighted by atomic mass is 10.1. The average molecular weight is 388 g/mol. The molecule has 2 aromatic carbocycles. The van der Waals surface area contributed by atoms with Crippen LogP contribution in [0.25, 0.3) is 0 Å². The molecule has 0 aromatic heterocycles. The maximum Gasteiger partial charge on any atom is 0.255 e. The molecule has 1 fully saturated rings. The highest BCUT2D eigenvalue weighted by molar-refractivity contribution is 7.90. The fraction of sp³-hybridized carbons (Fsp3) is 0.350. The molecule has 0 saturated carbocycles. The van der Waals surface area contributed by atoms with Gasteiger partial charge in [0, 0.05) is 36.3 Å². The van der Waals surface area contributed by atoms with E-state index < -0.39 is 9.84 Å². The number of hydrogen-bond donors (Lipinski definition) is 1. The van der Waals surface area contributed by atoms with Crippen molar-refractivity contribution in [3.8, 4) is 5.75 Å². The van der Waals surface area contributed by atoms with Crippen molar-refractivity contribution >= 4 is 27.1 Å². The second-order valence-electron chi connectivity index (χ2n) is 6.69. The second-order valence-corrected chi connectivity index (χ2v) is 8.67. The molecule has 6 nitrogen and oxygen atoms in total. The summed E-state index contributed by atoms with van der Waals surface area (Å²) in [6.45, 7) is 2.12. The Balaban J connectivity index is 1.75. The molecule has 3 rings (SSSR count). The SMILES string of the molecule is COc1ccc(C(=O)Nc2ccc(N3CCCCC3)cc2)cc1S(C)(=O)=O. The fourth-order valence-electron chi connectivity index (χ4n) is 3.22. The largest absolute Gasteiger partial charge is 0.495 e. The number of ether oxygens (including phenoxy) is 1. The van der Waals surface area contributed by atoms with Crippen molar-refractivity contribution < 1.29 is 17.9 Å². The summed E-state index contributed by atoms with van der Waals surface area (Å²) in [6.07, 6.45) is 4.78. The van der Waals surface area contributed by atoms with Crippen molar-refractivity contribution in [1.82, 2.24) is 0 Å². The Morgan fingerprint density at radius 3 is 2.30 bits per heavy atom. The Morgan fingerprint density at radius 2 is 1.70 bits per heavy atom. The molecule has 0 radical (unpaired) electrons. The molecule has 0 unspecified atom stereocenters. The van der Waals surface area contributed by atoms with Crippen LogP contribution < -0.4 is 15.0 Å². The van der Waals surface area contributed by atoms with Crippen LogP contribution in [-0.4, -0.2) is 40.8 Å². The summed E-state index contributed by atoms with van der Waals surface area (Å²) >= 11 is 0. The van der Waals surface area contributed by atoms with Crippen molar-refractivity contribution in [2.45, 2.75) is 24.2 Å². The van der Waals surface area contributed by atoms with E-state index in [1.165, 1.54) is 38.5 Å². The number of rotatable bonds is 5. The van der Waals surface area contributed by atoms with Gasteiger partial charge in [-0.05, 0) is 61.7 Å². The summed E-state index contributed by atoms with van der Waals surface area (Å²) in [4.78, 5) is 14.9. The third-order valence-electron chi connectivity index (χ3n) is 4.67. The zero-order valence-electron chi connectivity index (χ0n) is 15.6. The standard InChI is InChI=1S/C20H24N2O4S/c1-26-18-11-6-15(14-19(18)27(2,24)25)20(23)21-16-7-9-17(10-8-16)22-12-4-3-5-13-22/h6-11,14H,3-5,12-13H2,1-2H3,(H,21,23). The molecular weight excluding hydrogens is 364 g/mol. The number of methoxy groups -OCH3 is 1. The van der Waals surface area contributed by atoms with E-state index in [4.69, 9.17) is 4.74 Å². The lowest BCUT2D eigenvalue weighted by molar-refractivity contribution is 0.102. The predicted molar refractivity (Wildman–Crippen MR) is 107 cm³/mol. The highest BCUT2D eigenvalue weighted by atomic mass is 32.2. The maximum absolute atomic E-state index is 12.5. The first kappa shape index (κ1) is 19.2. The topological polar surface area (TPSA) is 75.7 Å². The number of benzene rings is 2. The molecule has 0 atom stereocenters. The Morgan fingerprint density at radius 1 is 1.04 bits per heavy atom. The molecule has 1 saturated heterocycles. The van der Waals surface area contributed by atoms with Gasteiger partial charge in [0.25, 0.3) is 5.91 Å². The molecule has 7 heteroatoms. The maximum atomic E-state index is 12.5. The van der Waals surface area contributed by atoms with Crippen molar-refractivity contribution in [2.75, 3.05) is 36.7 Å². The van der Waals surface area contributed by atoms with Crippen LogP contribution in [0.4, 0.5) is 11.4 Å².